The van der Waals surface area contributed by atoms with E-state index in [1.165, 1.54) is 12.1 Å². The molecule has 4 rings (SSSR count). The van der Waals surface area contributed by atoms with Crippen molar-refractivity contribution in [1.82, 2.24) is 14.7 Å². The molecule has 3 aliphatic heterocycles. The third kappa shape index (κ3) is 2.98. The van der Waals surface area contributed by atoms with Gasteiger partial charge in [-0.15, -0.1) is 0 Å². The van der Waals surface area contributed by atoms with Crippen LogP contribution in [0.3, 0.4) is 0 Å². The summed E-state index contributed by atoms with van der Waals surface area (Å²) in [7, 11) is 0. The van der Waals surface area contributed by atoms with E-state index in [0.29, 0.717) is 26.2 Å². The summed E-state index contributed by atoms with van der Waals surface area (Å²) in [5.41, 5.74) is 0.385. The van der Waals surface area contributed by atoms with Gasteiger partial charge < -0.3 is 14.7 Å². The fourth-order valence-electron chi connectivity index (χ4n) is 4.42. The van der Waals surface area contributed by atoms with Crippen molar-refractivity contribution in [3.8, 4) is 0 Å². The molecule has 3 heterocycles. The van der Waals surface area contributed by atoms with Crippen LogP contribution in [-0.2, 0) is 11.3 Å². The minimum atomic E-state index is -0.428. The van der Waals surface area contributed by atoms with Gasteiger partial charge in [0, 0.05) is 39.3 Å². The Morgan fingerprint density at radius 2 is 1.84 bits per heavy atom. The molecule has 1 aromatic carbocycles. The summed E-state index contributed by atoms with van der Waals surface area (Å²) in [6.45, 7) is 3.99. The Morgan fingerprint density at radius 1 is 1.08 bits per heavy atom. The average molecular weight is 345 g/mol. The molecule has 0 unspecified atom stereocenters. The van der Waals surface area contributed by atoms with E-state index >= 15 is 0 Å². The van der Waals surface area contributed by atoms with Crippen LogP contribution in [0, 0.1) is 11.2 Å². The number of carbonyl (C=O) groups is 2. The van der Waals surface area contributed by atoms with Gasteiger partial charge in [-0.1, -0.05) is 12.1 Å². The topological polar surface area (TPSA) is 43.9 Å². The predicted octanol–water partition coefficient (Wildman–Crippen LogP) is 2.47. The number of likely N-dealkylation sites (tertiary alicyclic amines) is 3. The second-order valence-corrected chi connectivity index (χ2v) is 7.54. The summed E-state index contributed by atoms with van der Waals surface area (Å²) in [6, 6.07) is 6.50. The molecule has 3 aliphatic rings. The minimum Gasteiger partial charge on any atom is -0.338 e. The second-order valence-electron chi connectivity index (χ2n) is 7.54. The summed E-state index contributed by atoms with van der Waals surface area (Å²) in [6.07, 6.45) is 3.67. The van der Waals surface area contributed by atoms with Crippen LogP contribution >= 0.6 is 0 Å². The first kappa shape index (κ1) is 16.4. The van der Waals surface area contributed by atoms with Gasteiger partial charge in [0.05, 0.1) is 5.41 Å². The number of hydrogen-bond acceptors (Lipinski definition) is 2. The standard InChI is InChI=1S/C19H24FN3O2/c20-16-5-3-4-15(12-16)13-22-10-6-19(17(22)24)7-11-23(14-19)18(25)21-8-1-2-9-21/h3-5,12H,1-2,6-11,13-14H2/t19-/m1/s1. The lowest BCUT2D eigenvalue weighted by Crippen LogP contribution is -2.43. The molecule has 5 nitrogen and oxygen atoms in total. The molecule has 0 saturated carbocycles. The van der Waals surface area contributed by atoms with Crippen LogP contribution in [0.25, 0.3) is 0 Å². The van der Waals surface area contributed by atoms with Crippen molar-refractivity contribution in [2.75, 3.05) is 32.7 Å². The van der Waals surface area contributed by atoms with Crippen LogP contribution in [0.5, 0.6) is 0 Å². The van der Waals surface area contributed by atoms with Crippen LogP contribution in [0.2, 0.25) is 0 Å². The summed E-state index contributed by atoms with van der Waals surface area (Å²) in [5, 5.41) is 0. The van der Waals surface area contributed by atoms with E-state index in [1.54, 1.807) is 6.07 Å². The molecule has 0 radical (unpaired) electrons. The molecular formula is C19H24FN3O2. The zero-order chi connectivity index (χ0) is 17.4. The SMILES string of the molecule is O=C(N1CCCC1)N1CC[C@]2(CCN(Cc3cccc(F)c3)C2=O)C1. The van der Waals surface area contributed by atoms with Gasteiger partial charge in [-0.2, -0.15) is 0 Å². The molecule has 0 bridgehead atoms. The van der Waals surface area contributed by atoms with E-state index in [1.807, 2.05) is 20.8 Å². The highest BCUT2D eigenvalue weighted by Gasteiger charge is 2.52. The molecule has 1 spiro atoms. The quantitative estimate of drug-likeness (QED) is 0.826. The van der Waals surface area contributed by atoms with Gasteiger partial charge >= 0.3 is 6.03 Å². The summed E-state index contributed by atoms with van der Waals surface area (Å²) in [4.78, 5) is 31.2. The maximum Gasteiger partial charge on any atom is 0.320 e. The first-order valence-corrected chi connectivity index (χ1v) is 9.15. The molecule has 1 atom stereocenters. The third-order valence-electron chi connectivity index (χ3n) is 5.86. The fraction of sp³-hybridized carbons (Fsp3) is 0.579. The lowest BCUT2D eigenvalue weighted by Gasteiger charge is -2.26. The molecule has 3 saturated heterocycles. The van der Waals surface area contributed by atoms with Gasteiger partial charge in [0.25, 0.3) is 0 Å². The van der Waals surface area contributed by atoms with Crippen LogP contribution < -0.4 is 0 Å². The van der Waals surface area contributed by atoms with Crippen LogP contribution in [-0.4, -0.2) is 59.4 Å². The van der Waals surface area contributed by atoms with Gasteiger partial charge in [0.1, 0.15) is 5.82 Å². The van der Waals surface area contributed by atoms with Gasteiger partial charge in [-0.3, -0.25) is 4.79 Å². The van der Waals surface area contributed by atoms with E-state index < -0.39 is 5.41 Å². The molecule has 3 fully saturated rings. The summed E-state index contributed by atoms with van der Waals surface area (Å²) in [5.74, 6) is -0.157. The van der Waals surface area contributed by atoms with E-state index in [9.17, 15) is 14.0 Å². The molecule has 6 heteroatoms. The second kappa shape index (κ2) is 6.32. The number of halogens is 1. The van der Waals surface area contributed by atoms with E-state index in [0.717, 1.165) is 44.3 Å². The van der Waals surface area contributed by atoms with Crippen LogP contribution in [0.4, 0.5) is 9.18 Å². The highest BCUT2D eigenvalue weighted by atomic mass is 19.1. The number of rotatable bonds is 2. The number of amides is 3. The van der Waals surface area contributed by atoms with Crippen molar-refractivity contribution in [2.45, 2.75) is 32.2 Å². The van der Waals surface area contributed by atoms with Crippen molar-refractivity contribution >= 4 is 11.9 Å². The van der Waals surface area contributed by atoms with Gasteiger partial charge in [-0.05, 0) is 43.4 Å². The van der Waals surface area contributed by atoms with Crippen molar-refractivity contribution in [2.24, 2.45) is 5.41 Å². The Morgan fingerprint density at radius 3 is 2.60 bits per heavy atom. The fourth-order valence-corrected chi connectivity index (χ4v) is 4.42. The lowest BCUT2D eigenvalue weighted by molar-refractivity contribution is -0.135. The van der Waals surface area contributed by atoms with Crippen LogP contribution in [0.1, 0.15) is 31.2 Å². The maximum atomic E-state index is 13.4. The molecule has 134 valence electrons. The monoisotopic (exact) mass is 345 g/mol. The normalized spacial score (nSPS) is 26.3. The first-order valence-electron chi connectivity index (χ1n) is 9.15. The van der Waals surface area contributed by atoms with Crippen LogP contribution in [0.15, 0.2) is 24.3 Å². The zero-order valence-electron chi connectivity index (χ0n) is 14.4. The number of nitrogens with zero attached hydrogens (tertiary/aromatic N) is 3. The Kier molecular flexibility index (Phi) is 4.13. The molecule has 3 amide bonds. The predicted molar refractivity (Wildman–Crippen MR) is 91.3 cm³/mol. The number of urea groups is 1. The summed E-state index contributed by atoms with van der Waals surface area (Å²) >= 11 is 0. The van der Waals surface area contributed by atoms with Crippen molar-refractivity contribution in [3.05, 3.63) is 35.6 Å². The molecule has 1 aromatic rings. The van der Waals surface area contributed by atoms with Gasteiger partial charge in [0.15, 0.2) is 0 Å². The maximum absolute atomic E-state index is 13.4. The lowest BCUT2D eigenvalue weighted by atomic mass is 9.85. The van der Waals surface area contributed by atoms with Gasteiger partial charge in [-0.25, -0.2) is 9.18 Å². The van der Waals surface area contributed by atoms with E-state index in [4.69, 9.17) is 0 Å². The molecular weight excluding hydrogens is 321 g/mol. The molecule has 0 aliphatic carbocycles. The van der Waals surface area contributed by atoms with Crippen molar-refractivity contribution in [1.29, 1.82) is 0 Å². The highest BCUT2D eigenvalue weighted by molar-refractivity contribution is 5.87. The number of benzene rings is 1. The van der Waals surface area contributed by atoms with Gasteiger partial charge in [0.2, 0.25) is 5.91 Å². The van der Waals surface area contributed by atoms with E-state index in [2.05, 4.69) is 0 Å². The molecule has 0 N–H and O–H groups in total. The van der Waals surface area contributed by atoms with Crippen molar-refractivity contribution < 1.29 is 14.0 Å². The Bertz CT molecular complexity index is 689. The largest absolute Gasteiger partial charge is 0.338 e. The highest BCUT2D eigenvalue weighted by Crippen LogP contribution is 2.41. The molecule has 25 heavy (non-hydrogen) atoms. The van der Waals surface area contributed by atoms with E-state index in [-0.39, 0.29) is 17.8 Å². The smallest absolute Gasteiger partial charge is 0.320 e. The molecule has 0 aromatic heterocycles. The average Bonchev–Trinajstić information content (AvgIpc) is 3.33. The zero-order valence-corrected chi connectivity index (χ0v) is 14.4. The Hall–Kier alpha value is -2.11. The first-order chi connectivity index (χ1) is 12.1. The Balaban J connectivity index is 1.42. The number of hydrogen-bond donors (Lipinski definition) is 0. The van der Waals surface area contributed by atoms with Crippen molar-refractivity contribution in [3.63, 3.8) is 0 Å². The number of carbonyl (C=O) groups excluding carboxylic acids is 2. The summed E-state index contributed by atoms with van der Waals surface area (Å²) < 4.78 is 13.4. The minimum absolute atomic E-state index is 0.0887. The Labute approximate surface area is 147 Å². The third-order valence-corrected chi connectivity index (χ3v) is 5.86.